The van der Waals surface area contributed by atoms with Crippen LogP contribution in [0.4, 0.5) is 22.7 Å². The molecule has 0 spiro atoms. The van der Waals surface area contributed by atoms with Gasteiger partial charge in [-0.1, -0.05) is 53.9 Å². The Morgan fingerprint density at radius 2 is 1.77 bits per heavy atom. The van der Waals surface area contributed by atoms with E-state index in [0.717, 1.165) is 21.2 Å². The number of hydrogen-bond acceptors (Lipinski definition) is 9. The van der Waals surface area contributed by atoms with E-state index >= 15 is 0 Å². The van der Waals surface area contributed by atoms with Gasteiger partial charge in [0, 0.05) is 27.1 Å². The maximum absolute atomic E-state index is 13.3. The van der Waals surface area contributed by atoms with Crippen molar-refractivity contribution >= 4 is 52.2 Å². The molecule has 1 aromatic heterocycles. The van der Waals surface area contributed by atoms with Crippen LogP contribution in [-0.2, 0) is 11.3 Å². The molecule has 1 aliphatic rings. The molecule has 0 atom stereocenters. The molecular formula is C24H19N5O4S2. The summed E-state index contributed by atoms with van der Waals surface area (Å²) in [5.74, 6) is 0.334. The summed E-state index contributed by atoms with van der Waals surface area (Å²) in [6.45, 7) is 1.89. The number of nitrogens with zero attached hydrogens (tertiary/aromatic N) is 4. The van der Waals surface area contributed by atoms with Crippen molar-refractivity contribution < 1.29 is 14.1 Å². The third kappa shape index (κ3) is 4.86. The van der Waals surface area contributed by atoms with E-state index in [9.17, 15) is 14.9 Å². The van der Waals surface area contributed by atoms with Crippen molar-refractivity contribution in [2.45, 2.75) is 28.5 Å². The van der Waals surface area contributed by atoms with Gasteiger partial charge in [-0.15, -0.1) is 10.2 Å². The monoisotopic (exact) mass is 505 g/mol. The Balaban J connectivity index is 1.24. The summed E-state index contributed by atoms with van der Waals surface area (Å²) >= 11 is 2.81. The van der Waals surface area contributed by atoms with Crippen LogP contribution in [0.3, 0.4) is 0 Å². The zero-order valence-corrected chi connectivity index (χ0v) is 20.1. The van der Waals surface area contributed by atoms with Crippen LogP contribution in [0.25, 0.3) is 0 Å². The number of nitro groups is 1. The summed E-state index contributed by atoms with van der Waals surface area (Å²) in [5.41, 5.74) is 2.90. The van der Waals surface area contributed by atoms with Gasteiger partial charge in [-0.25, -0.2) is 0 Å². The van der Waals surface area contributed by atoms with E-state index in [1.54, 1.807) is 35.7 Å². The zero-order valence-electron chi connectivity index (χ0n) is 18.5. The van der Waals surface area contributed by atoms with Gasteiger partial charge in [0.15, 0.2) is 0 Å². The highest BCUT2D eigenvalue weighted by atomic mass is 32.2. The first kappa shape index (κ1) is 22.9. The molecule has 5 rings (SSSR count). The van der Waals surface area contributed by atoms with Crippen molar-refractivity contribution in [2.24, 2.45) is 0 Å². The minimum absolute atomic E-state index is 0.0366. The molecule has 0 saturated heterocycles. The van der Waals surface area contributed by atoms with Gasteiger partial charge in [0.1, 0.15) is 0 Å². The van der Waals surface area contributed by atoms with E-state index in [1.807, 2.05) is 48.5 Å². The minimum Gasteiger partial charge on any atom is -0.414 e. The van der Waals surface area contributed by atoms with E-state index in [1.165, 1.54) is 17.8 Å². The second-order valence-corrected chi connectivity index (χ2v) is 9.64. The van der Waals surface area contributed by atoms with Crippen molar-refractivity contribution in [3.05, 3.63) is 88.3 Å². The lowest BCUT2D eigenvalue weighted by Gasteiger charge is -2.30. The van der Waals surface area contributed by atoms with Gasteiger partial charge in [-0.2, -0.15) is 0 Å². The predicted octanol–water partition coefficient (Wildman–Crippen LogP) is 5.82. The minimum atomic E-state index is -0.420. The van der Waals surface area contributed by atoms with Gasteiger partial charge in [-0.3, -0.25) is 19.8 Å². The lowest BCUT2D eigenvalue weighted by Crippen LogP contribution is -2.29. The van der Waals surface area contributed by atoms with Gasteiger partial charge < -0.3 is 9.73 Å². The van der Waals surface area contributed by atoms with E-state index in [-0.39, 0.29) is 29.1 Å². The standard InChI is InChI=1S/C24H19N5O4S2/c1-15-10-11-16(12-19(15)29(31)32)25-13-22-26-27-24(33-22)34-14-23(30)28-17-6-2-4-8-20(17)35-21-9-5-3-7-18(21)28/h2-12,25H,13-14H2,1H3. The molecule has 35 heavy (non-hydrogen) atoms. The van der Waals surface area contributed by atoms with Crippen molar-refractivity contribution in [1.82, 2.24) is 10.2 Å². The average molecular weight is 506 g/mol. The molecular weight excluding hydrogens is 486 g/mol. The molecule has 3 aromatic carbocycles. The number of rotatable bonds is 7. The van der Waals surface area contributed by atoms with Crippen molar-refractivity contribution in [3.63, 3.8) is 0 Å². The number of carbonyl (C=O) groups excluding carboxylic acids is 1. The SMILES string of the molecule is Cc1ccc(NCc2nnc(SCC(=O)N3c4ccccc4Sc4ccccc43)o2)cc1[N+](=O)[O-]. The van der Waals surface area contributed by atoms with Crippen molar-refractivity contribution in [2.75, 3.05) is 16.0 Å². The third-order valence-electron chi connectivity index (χ3n) is 5.30. The third-order valence-corrected chi connectivity index (χ3v) is 7.23. The Hall–Kier alpha value is -3.83. The molecule has 1 N–H and O–H groups in total. The normalized spacial score (nSPS) is 12.1. The lowest BCUT2D eigenvalue weighted by atomic mass is 10.2. The van der Waals surface area contributed by atoms with Crippen LogP contribution in [0, 0.1) is 17.0 Å². The molecule has 0 unspecified atom stereocenters. The number of hydrogen-bond donors (Lipinski definition) is 1. The Labute approximate surface area is 209 Å². The predicted molar refractivity (Wildman–Crippen MR) is 134 cm³/mol. The van der Waals surface area contributed by atoms with Crippen LogP contribution in [0.5, 0.6) is 0 Å². The first-order valence-corrected chi connectivity index (χ1v) is 12.4. The number of aromatic nitrogens is 2. The van der Waals surface area contributed by atoms with Crippen LogP contribution < -0.4 is 10.2 Å². The van der Waals surface area contributed by atoms with Gasteiger partial charge in [0.2, 0.25) is 11.8 Å². The molecule has 4 aromatic rings. The fourth-order valence-electron chi connectivity index (χ4n) is 3.62. The van der Waals surface area contributed by atoms with E-state index in [0.29, 0.717) is 17.1 Å². The van der Waals surface area contributed by atoms with E-state index < -0.39 is 4.92 Å². The fraction of sp³-hybridized carbons (Fsp3) is 0.125. The Bertz CT molecular complexity index is 1380. The van der Waals surface area contributed by atoms with Crippen LogP contribution in [0.2, 0.25) is 0 Å². The average Bonchev–Trinajstić information content (AvgIpc) is 3.33. The fourth-order valence-corrected chi connectivity index (χ4v) is 5.31. The quantitative estimate of drug-likeness (QED) is 0.188. The van der Waals surface area contributed by atoms with Crippen LogP contribution in [0.15, 0.2) is 86.2 Å². The Kier molecular flexibility index (Phi) is 6.43. The first-order chi connectivity index (χ1) is 17.0. The maximum atomic E-state index is 13.3. The highest BCUT2D eigenvalue weighted by Crippen LogP contribution is 2.48. The number of para-hydroxylation sites is 2. The molecule has 0 bridgehead atoms. The number of amides is 1. The number of anilines is 3. The second-order valence-electron chi connectivity index (χ2n) is 7.63. The lowest BCUT2D eigenvalue weighted by molar-refractivity contribution is -0.385. The maximum Gasteiger partial charge on any atom is 0.277 e. The topological polar surface area (TPSA) is 114 Å². The Morgan fingerprint density at radius 3 is 2.46 bits per heavy atom. The summed E-state index contributed by atoms with van der Waals surface area (Å²) < 4.78 is 5.65. The number of nitro benzene ring substituents is 1. The highest BCUT2D eigenvalue weighted by molar-refractivity contribution is 8.00. The first-order valence-electron chi connectivity index (χ1n) is 10.6. The van der Waals surface area contributed by atoms with Gasteiger partial charge >= 0.3 is 0 Å². The second kappa shape index (κ2) is 9.80. The number of aryl methyl sites for hydroxylation is 1. The molecule has 1 amide bonds. The number of nitrogens with one attached hydrogen (secondary N) is 1. The van der Waals surface area contributed by atoms with Crippen molar-refractivity contribution in [1.29, 1.82) is 0 Å². The molecule has 0 fully saturated rings. The molecule has 0 radical (unpaired) electrons. The molecule has 0 aliphatic carbocycles. The van der Waals surface area contributed by atoms with E-state index in [4.69, 9.17) is 4.42 Å². The summed E-state index contributed by atoms with van der Waals surface area (Å²) in [5, 5.41) is 22.5. The van der Waals surface area contributed by atoms with Crippen LogP contribution >= 0.6 is 23.5 Å². The van der Waals surface area contributed by atoms with Crippen molar-refractivity contribution in [3.8, 4) is 0 Å². The van der Waals surface area contributed by atoms with Gasteiger partial charge in [-0.05, 0) is 37.3 Å². The van der Waals surface area contributed by atoms with Gasteiger partial charge in [0.05, 0.1) is 28.6 Å². The van der Waals surface area contributed by atoms with Gasteiger partial charge in [0.25, 0.3) is 10.9 Å². The zero-order chi connectivity index (χ0) is 24.4. The van der Waals surface area contributed by atoms with Crippen LogP contribution in [-0.4, -0.2) is 26.8 Å². The molecule has 9 nitrogen and oxygen atoms in total. The molecule has 11 heteroatoms. The number of carbonyl (C=O) groups is 1. The summed E-state index contributed by atoms with van der Waals surface area (Å²) in [7, 11) is 0. The molecule has 176 valence electrons. The summed E-state index contributed by atoms with van der Waals surface area (Å²) in [6, 6.07) is 20.5. The molecule has 0 saturated carbocycles. The number of fused-ring (bicyclic) bond motifs is 2. The van der Waals surface area contributed by atoms with E-state index in [2.05, 4.69) is 15.5 Å². The van der Waals surface area contributed by atoms with Crippen LogP contribution in [0.1, 0.15) is 11.5 Å². The largest absolute Gasteiger partial charge is 0.414 e. The molecule has 2 heterocycles. The Morgan fingerprint density at radius 1 is 1.09 bits per heavy atom. The molecule has 1 aliphatic heterocycles. The highest BCUT2D eigenvalue weighted by Gasteiger charge is 2.28. The smallest absolute Gasteiger partial charge is 0.277 e. The number of thioether (sulfide) groups is 1. The summed E-state index contributed by atoms with van der Waals surface area (Å²) in [6.07, 6.45) is 0. The summed E-state index contributed by atoms with van der Waals surface area (Å²) in [4.78, 5) is 27.8. The number of benzene rings is 3.